The van der Waals surface area contributed by atoms with Crippen LogP contribution in [0.25, 0.3) is 0 Å². The van der Waals surface area contributed by atoms with Gasteiger partial charge in [0.2, 0.25) is 0 Å². The summed E-state index contributed by atoms with van der Waals surface area (Å²) in [6.45, 7) is 1.44. The molecule has 1 aliphatic rings. The molecule has 1 aliphatic heterocycles. The molecule has 0 atom stereocenters. The number of rotatable bonds is 4. The molecule has 0 N–H and O–H groups in total. The summed E-state index contributed by atoms with van der Waals surface area (Å²) in [6.07, 6.45) is 4.57. The minimum atomic E-state index is -0.587. The van der Waals surface area contributed by atoms with Crippen molar-refractivity contribution in [3.05, 3.63) is 24.5 Å². The first-order valence-electron chi connectivity index (χ1n) is 5.96. The Hall–Kier alpha value is -1.62. The summed E-state index contributed by atoms with van der Waals surface area (Å²) in [5.74, 6) is 0.486. The molecule has 0 amide bonds. The van der Waals surface area contributed by atoms with Crippen LogP contribution in [0.15, 0.2) is 24.5 Å². The van der Waals surface area contributed by atoms with Crippen molar-refractivity contribution < 1.29 is 19.0 Å². The maximum absolute atomic E-state index is 11.9. The maximum Gasteiger partial charge on any atom is 0.315 e. The largest absolute Gasteiger partial charge is 0.492 e. The van der Waals surface area contributed by atoms with E-state index in [2.05, 4.69) is 4.98 Å². The molecular formula is C13H17NO4. The summed E-state index contributed by atoms with van der Waals surface area (Å²) in [6, 6.07) is 3.54. The number of aromatic nitrogens is 1. The van der Waals surface area contributed by atoms with E-state index >= 15 is 0 Å². The van der Waals surface area contributed by atoms with Crippen molar-refractivity contribution in [2.75, 3.05) is 26.9 Å². The van der Waals surface area contributed by atoms with E-state index in [-0.39, 0.29) is 5.97 Å². The summed E-state index contributed by atoms with van der Waals surface area (Å²) in [5.41, 5.74) is -0.587. The number of carbonyl (C=O) groups is 1. The minimum Gasteiger partial charge on any atom is -0.492 e. The highest BCUT2D eigenvalue weighted by atomic mass is 16.5. The molecule has 1 fully saturated rings. The van der Waals surface area contributed by atoms with E-state index in [9.17, 15) is 4.79 Å². The van der Waals surface area contributed by atoms with E-state index in [1.165, 1.54) is 7.11 Å². The third kappa shape index (κ3) is 2.79. The Morgan fingerprint density at radius 1 is 1.39 bits per heavy atom. The Bertz CT molecular complexity index is 387. The number of methoxy groups -OCH3 is 1. The second-order valence-corrected chi connectivity index (χ2v) is 4.36. The highest BCUT2D eigenvalue weighted by Crippen LogP contribution is 2.32. The van der Waals surface area contributed by atoms with Gasteiger partial charge in [0, 0.05) is 25.6 Å². The van der Waals surface area contributed by atoms with Crippen LogP contribution in [0.5, 0.6) is 5.75 Å². The summed E-state index contributed by atoms with van der Waals surface area (Å²) in [4.78, 5) is 15.9. The molecule has 2 heterocycles. The van der Waals surface area contributed by atoms with Crippen LogP contribution in [0.4, 0.5) is 0 Å². The number of nitrogens with zero attached hydrogens (tertiary/aromatic N) is 1. The molecule has 0 aromatic carbocycles. The lowest BCUT2D eigenvalue weighted by Gasteiger charge is -2.33. The number of ether oxygens (including phenoxy) is 3. The quantitative estimate of drug-likeness (QED) is 0.758. The van der Waals surface area contributed by atoms with Gasteiger partial charge in [0.05, 0.1) is 7.11 Å². The molecule has 1 aromatic rings. The summed E-state index contributed by atoms with van der Waals surface area (Å²) in [5, 5.41) is 0. The van der Waals surface area contributed by atoms with Crippen LogP contribution in [-0.4, -0.2) is 37.9 Å². The van der Waals surface area contributed by atoms with Crippen molar-refractivity contribution in [2.45, 2.75) is 12.8 Å². The van der Waals surface area contributed by atoms with Crippen molar-refractivity contribution >= 4 is 5.97 Å². The summed E-state index contributed by atoms with van der Waals surface area (Å²) in [7, 11) is 1.41. The van der Waals surface area contributed by atoms with Gasteiger partial charge in [-0.15, -0.1) is 0 Å². The number of pyridine rings is 1. The predicted octanol–water partition coefficient (Wildman–Crippen LogP) is 1.43. The Kier molecular flexibility index (Phi) is 4.15. The molecule has 5 nitrogen and oxygen atoms in total. The first-order chi connectivity index (χ1) is 8.77. The van der Waals surface area contributed by atoms with Crippen molar-refractivity contribution in [1.82, 2.24) is 4.98 Å². The van der Waals surface area contributed by atoms with Crippen LogP contribution in [0.2, 0.25) is 0 Å². The SMILES string of the molecule is COC(=O)C1(COc2ccncc2)CCOCC1. The van der Waals surface area contributed by atoms with Crippen LogP contribution in [0.1, 0.15) is 12.8 Å². The topological polar surface area (TPSA) is 57.7 Å². The van der Waals surface area contributed by atoms with E-state index in [1.807, 2.05) is 0 Å². The van der Waals surface area contributed by atoms with Crippen molar-refractivity contribution in [1.29, 1.82) is 0 Å². The van der Waals surface area contributed by atoms with Gasteiger partial charge >= 0.3 is 5.97 Å². The Balaban J connectivity index is 2.04. The molecule has 98 valence electrons. The van der Waals surface area contributed by atoms with Gasteiger partial charge < -0.3 is 14.2 Å². The molecule has 2 rings (SSSR count). The molecule has 0 bridgehead atoms. The Morgan fingerprint density at radius 3 is 2.67 bits per heavy atom. The highest BCUT2D eigenvalue weighted by Gasteiger charge is 2.42. The Labute approximate surface area is 106 Å². The van der Waals surface area contributed by atoms with Gasteiger partial charge in [0.1, 0.15) is 17.8 Å². The second-order valence-electron chi connectivity index (χ2n) is 4.36. The van der Waals surface area contributed by atoms with Gasteiger partial charge in [0.15, 0.2) is 0 Å². The normalized spacial score (nSPS) is 18.1. The average Bonchev–Trinajstić information content (AvgIpc) is 2.46. The number of hydrogen-bond acceptors (Lipinski definition) is 5. The standard InChI is InChI=1S/C13H17NO4/c1-16-12(15)13(4-8-17-9-5-13)10-18-11-2-6-14-7-3-11/h2-3,6-7H,4-5,8-10H2,1H3. The fourth-order valence-electron chi connectivity index (χ4n) is 2.04. The van der Waals surface area contributed by atoms with Gasteiger partial charge in [-0.2, -0.15) is 0 Å². The maximum atomic E-state index is 11.9. The van der Waals surface area contributed by atoms with Gasteiger partial charge in [-0.25, -0.2) is 0 Å². The van der Waals surface area contributed by atoms with Crippen LogP contribution < -0.4 is 4.74 Å². The fraction of sp³-hybridized carbons (Fsp3) is 0.538. The molecule has 0 radical (unpaired) electrons. The fourth-order valence-corrected chi connectivity index (χ4v) is 2.04. The van der Waals surface area contributed by atoms with Crippen LogP contribution in [0.3, 0.4) is 0 Å². The van der Waals surface area contributed by atoms with Gasteiger partial charge in [0.25, 0.3) is 0 Å². The van der Waals surface area contributed by atoms with Crippen LogP contribution in [0, 0.1) is 5.41 Å². The van der Waals surface area contributed by atoms with E-state index in [1.54, 1.807) is 24.5 Å². The van der Waals surface area contributed by atoms with Crippen molar-refractivity contribution in [3.8, 4) is 5.75 Å². The summed E-state index contributed by atoms with van der Waals surface area (Å²) >= 11 is 0. The monoisotopic (exact) mass is 251 g/mol. The third-order valence-corrected chi connectivity index (χ3v) is 3.23. The lowest BCUT2D eigenvalue weighted by atomic mass is 9.81. The molecule has 0 spiro atoms. The zero-order valence-corrected chi connectivity index (χ0v) is 10.4. The molecular weight excluding hydrogens is 234 g/mol. The molecule has 0 saturated carbocycles. The smallest absolute Gasteiger partial charge is 0.315 e. The molecule has 0 unspecified atom stereocenters. The number of hydrogen-bond donors (Lipinski definition) is 0. The van der Waals surface area contributed by atoms with Gasteiger partial charge in [-0.1, -0.05) is 0 Å². The van der Waals surface area contributed by atoms with E-state index in [0.29, 0.717) is 38.4 Å². The number of esters is 1. The second kappa shape index (κ2) is 5.82. The minimum absolute atomic E-state index is 0.222. The van der Waals surface area contributed by atoms with Crippen LogP contribution in [-0.2, 0) is 14.3 Å². The van der Waals surface area contributed by atoms with Gasteiger partial charge in [-0.3, -0.25) is 9.78 Å². The zero-order chi connectivity index (χ0) is 12.8. The molecule has 5 heteroatoms. The van der Waals surface area contributed by atoms with Crippen LogP contribution >= 0.6 is 0 Å². The Morgan fingerprint density at radius 2 is 2.06 bits per heavy atom. The highest BCUT2D eigenvalue weighted by molar-refractivity contribution is 5.77. The molecule has 18 heavy (non-hydrogen) atoms. The first kappa shape index (κ1) is 12.8. The lowest BCUT2D eigenvalue weighted by Crippen LogP contribution is -2.42. The first-order valence-corrected chi connectivity index (χ1v) is 5.96. The third-order valence-electron chi connectivity index (χ3n) is 3.23. The van der Waals surface area contributed by atoms with E-state index in [4.69, 9.17) is 14.2 Å². The number of carbonyl (C=O) groups excluding carboxylic acids is 1. The lowest BCUT2D eigenvalue weighted by molar-refractivity contribution is -0.161. The predicted molar refractivity (Wildman–Crippen MR) is 64.2 cm³/mol. The van der Waals surface area contributed by atoms with E-state index in [0.717, 1.165) is 0 Å². The van der Waals surface area contributed by atoms with Crippen molar-refractivity contribution in [3.63, 3.8) is 0 Å². The van der Waals surface area contributed by atoms with Gasteiger partial charge in [-0.05, 0) is 25.0 Å². The molecule has 1 saturated heterocycles. The molecule has 1 aromatic heterocycles. The van der Waals surface area contributed by atoms with Crippen molar-refractivity contribution in [2.24, 2.45) is 5.41 Å². The molecule has 0 aliphatic carbocycles. The average molecular weight is 251 g/mol. The van der Waals surface area contributed by atoms with E-state index < -0.39 is 5.41 Å². The zero-order valence-electron chi connectivity index (χ0n) is 10.4. The summed E-state index contributed by atoms with van der Waals surface area (Å²) < 4.78 is 15.9.